The van der Waals surface area contributed by atoms with Gasteiger partial charge in [0.1, 0.15) is 11.9 Å². The second-order valence-corrected chi connectivity index (χ2v) is 11.0. The minimum absolute atomic E-state index is 0.0305. The van der Waals surface area contributed by atoms with Crippen molar-refractivity contribution >= 4 is 27.7 Å². The normalized spacial score (nSPS) is 14.2. The summed E-state index contributed by atoms with van der Waals surface area (Å²) in [6.07, 6.45) is 0.831. The summed E-state index contributed by atoms with van der Waals surface area (Å²) < 4.78 is 66.5. The van der Waals surface area contributed by atoms with Crippen molar-refractivity contribution < 1.29 is 36.3 Å². The molecule has 3 heterocycles. The van der Waals surface area contributed by atoms with E-state index in [4.69, 9.17) is 0 Å². The van der Waals surface area contributed by atoms with Crippen molar-refractivity contribution in [3.8, 4) is 0 Å². The Morgan fingerprint density at radius 3 is 2.60 bits per heavy atom. The Hall–Kier alpha value is -3.98. The molecule has 3 aromatic rings. The number of rotatable bonds is 11. The van der Waals surface area contributed by atoms with Crippen LogP contribution in [0.4, 0.5) is 19.0 Å². The third kappa shape index (κ3) is 7.79. The number of alkyl halides is 3. The van der Waals surface area contributed by atoms with Crippen molar-refractivity contribution in [3.05, 3.63) is 76.7 Å². The van der Waals surface area contributed by atoms with Gasteiger partial charge < -0.3 is 15.7 Å². The largest absolute Gasteiger partial charge is 0.480 e. The van der Waals surface area contributed by atoms with Gasteiger partial charge in [-0.15, -0.1) is 0 Å². The lowest BCUT2D eigenvalue weighted by Crippen LogP contribution is -2.48. The van der Waals surface area contributed by atoms with Gasteiger partial charge in [0.05, 0.1) is 23.1 Å². The SMILES string of the molecule is O=C(NCC(NS(=O)(=O)Cc1ccc(C(F)(F)F)cc1)C(=O)O)c1cnn(CCc2ccc3c(n2)NCCC3)c1. The number of aryl methyl sites for hydroxylation is 3. The van der Waals surface area contributed by atoms with E-state index < -0.39 is 52.0 Å². The summed E-state index contributed by atoms with van der Waals surface area (Å²) in [4.78, 5) is 28.8. The number of amides is 1. The first-order valence-electron chi connectivity index (χ1n) is 12.3. The number of halogens is 3. The number of carbonyl (C=O) groups excluding carboxylic acids is 1. The molecule has 4 rings (SSSR count). The molecule has 1 aliphatic rings. The Bertz CT molecular complexity index is 1470. The Balaban J connectivity index is 1.29. The van der Waals surface area contributed by atoms with E-state index in [9.17, 15) is 36.3 Å². The van der Waals surface area contributed by atoms with Gasteiger partial charge in [-0.2, -0.15) is 23.0 Å². The molecule has 1 amide bonds. The lowest BCUT2D eigenvalue weighted by atomic mass is 10.1. The molecule has 0 bridgehead atoms. The number of fused-ring (bicyclic) bond motifs is 1. The fourth-order valence-corrected chi connectivity index (χ4v) is 5.42. The number of hydrogen-bond acceptors (Lipinski definition) is 7. The maximum Gasteiger partial charge on any atom is 0.416 e. The van der Waals surface area contributed by atoms with E-state index in [0.717, 1.165) is 55.2 Å². The standard InChI is InChI=1S/C25H27F3N6O5S/c26-25(27,28)19-6-3-16(4-7-19)15-40(38,39)33-21(24(36)37)13-30-23(35)18-12-31-34(14-18)11-9-20-8-5-17-2-1-10-29-22(17)32-20/h3-8,12,14,21,33H,1-2,9-11,13,15H2,(H,29,32)(H,30,35)(H,36,37). The van der Waals surface area contributed by atoms with E-state index in [1.807, 2.05) is 16.9 Å². The van der Waals surface area contributed by atoms with Crippen LogP contribution in [0.3, 0.4) is 0 Å². The topological polar surface area (TPSA) is 155 Å². The number of carbonyl (C=O) groups is 2. The van der Waals surface area contributed by atoms with Crippen LogP contribution >= 0.6 is 0 Å². The number of aromatic nitrogens is 3. The van der Waals surface area contributed by atoms with Crippen LogP contribution in [0.2, 0.25) is 0 Å². The van der Waals surface area contributed by atoms with Crippen LogP contribution in [-0.4, -0.2) is 59.3 Å². The van der Waals surface area contributed by atoms with Crippen LogP contribution in [0, 0.1) is 0 Å². The third-order valence-electron chi connectivity index (χ3n) is 6.17. The monoisotopic (exact) mass is 580 g/mol. The van der Waals surface area contributed by atoms with Crippen molar-refractivity contribution in [1.29, 1.82) is 0 Å². The zero-order valence-electron chi connectivity index (χ0n) is 21.1. The van der Waals surface area contributed by atoms with E-state index in [-0.39, 0.29) is 11.1 Å². The van der Waals surface area contributed by atoms with Crippen LogP contribution in [0.15, 0.2) is 48.8 Å². The van der Waals surface area contributed by atoms with Crippen LogP contribution < -0.4 is 15.4 Å². The minimum atomic E-state index is -4.57. The molecule has 11 nitrogen and oxygen atoms in total. The van der Waals surface area contributed by atoms with Gasteiger partial charge in [0, 0.05) is 37.9 Å². The van der Waals surface area contributed by atoms with Crippen LogP contribution in [-0.2, 0) is 46.1 Å². The first-order chi connectivity index (χ1) is 18.9. The van der Waals surface area contributed by atoms with E-state index in [1.54, 1.807) is 4.68 Å². The fraction of sp³-hybridized carbons (Fsp3) is 0.360. The Morgan fingerprint density at radius 2 is 1.90 bits per heavy atom. The molecule has 1 atom stereocenters. The zero-order chi connectivity index (χ0) is 28.9. The van der Waals surface area contributed by atoms with Crippen LogP contribution in [0.1, 0.15) is 39.2 Å². The van der Waals surface area contributed by atoms with Gasteiger partial charge in [0.25, 0.3) is 5.91 Å². The molecular formula is C25H27F3N6O5S. The summed E-state index contributed by atoms with van der Waals surface area (Å²) in [5.74, 6) is -2.06. The van der Waals surface area contributed by atoms with Crippen molar-refractivity contribution in [2.45, 2.75) is 43.8 Å². The highest BCUT2D eigenvalue weighted by Crippen LogP contribution is 2.29. The minimum Gasteiger partial charge on any atom is -0.480 e. The summed E-state index contributed by atoms with van der Waals surface area (Å²) in [5.41, 5.74) is 1.28. The van der Waals surface area contributed by atoms with Gasteiger partial charge in [-0.1, -0.05) is 18.2 Å². The summed E-state index contributed by atoms with van der Waals surface area (Å²) in [5, 5.41) is 19.2. The molecule has 2 aromatic heterocycles. The smallest absolute Gasteiger partial charge is 0.416 e. The number of benzene rings is 1. The van der Waals surface area contributed by atoms with Crippen LogP contribution in [0.25, 0.3) is 0 Å². The van der Waals surface area contributed by atoms with Crippen molar-refractivity contribution in [3.63, 3.8) is 0 Å². The second kappa shape index (κ2) is 12.0. The lowest BCUT2D eigenvalue weighted by Gasteiger charge is -2.17. The number of carboxylic acids is 1. The Labute approximate surface area is 227 Å². The summed E-state index contributed by atoms with van der Waals surface area (Å²) in [7, 11) is -4.27. The third-order valence-corrected chi connectivity index (χ3v) is 7.53. The number of aliphatic carboxylic acids is 1. The maximum absolute atomic E-state index is 12.7. The molecular weight excluding hydrogens is 553 g/mol. The van der Waals surface area contributed by atoms with Crippen molar-refractivity contribution in [2.24, 2.45) is 0 Å². The van der Waals surface area contributed by atoms with Gasteiger partial charge in [-0.25, -0.2) is 13.4 Å². The number of pyridine rings is 1. The molecule has 15 heteroatoms. The number of nitrogens with zero attached hydrogens (tertiary/aromatic N) is 3. The van der Waals surface area contributed by atoms with E-state index in [2.05, 4.69) is 20.7 Å². The molecule has 214 valence electrons. The van der Waals surface area contributed by atoms with Gasteiger partial charge in [-0.05, 0) is 42.2 Å². The zero-order valence-corrected chi connectivity index (χ0v) is 21.9. The highest BCUT2D eigenvalue weighted by molar-refractivity contribution is 7.88. The molecule has 0 aliphatic carbocycles. The molecule has 0 saturated heterocycles. The molecule has 0 spiro atoms. The van der Waals surface area contributed by atoms with E-state index in [1.165, 1.54) is 18.0 Å². The van der Waals surface area contributed by atoms with E-state index in [0.29, 0.717) is 13.0 Å². The van der Waals surface area contributed by atoms with Crippen LogP contribution in [0.5, 0.6) is 0 Å². The maximum atomic E-state index is 12.7. The predicted molar refractivity (Wildman–Crippen MR) is 138 cm³/mol. The molecule has 1 unspecified atom stereocenters. The highest BCUT2D eigenvalue weighted by Gasteiger charge is 2.30. The number of carboxylic acid groups (broad SMARTS) is 1. The van der Waals surface area contributed by atoms with Gasteiger partial charge in [-0.3, -0.25) is 14.3 Å². The summed E-state index contributed by atoms with van der Waals surface area (Å²) in [6, 6.07) is 5.75. The Morgan fingerprint density at radius 1 is 1.15 bits per heavy atom. The average Bonchev–Trinajstić information content (AvgIpc) is 3.38. The second-order valence-electron chi connectivity index (χ2n) is 9.26. The number of sulfonamides is 1. The van der Waals surface area contributed by atoms with E-state index >= 15 is 0 Å². The fourth-order valence-electron chi connectivity index (χ4n) is 4.08. The van der Waals surface area contributed by atoms with Crippen molar-refractivity contribution in [1.82, 2.24) is 24.8 Å². The molecule has 0 radical (unpaired) electrons. The first kappa shape index (κ1) is 29.0. The average molecular weight is 581 g/mol. The lowest BCUT2D eigenvalue weighted by molar-refractivity contribution is -0.139. The summed E-state index contributed by atoms with van der Waals surface area (Å²) in [6.45, 7) is 0.753. The van der Waals surface area contributed by atoms with Gasteiger partial charge >= 0.3 is 12.1 Å². The van der Waals surface area contributed by atoms with Gasteiger partial charge in [0.2, 0.25) is 10.0 Å². The van der Waals surface area contributed by atoms with Crippen molar-refractivity contribution in [2.75, 3.05) is 18.4 Å². The molecule has 0 saturated carbocycles. The number of anilines is 1. The molecule has 4 N–H and O–H groups in total. The number of hydrogen-bond donors (Lipinski definition) is 4. The molecule has 1 aliphatic heterocycles. The number of nitrogens with one attached hydrogen (secondary N) is 3. The predicted octanol–water partition coefficient (Wildman–Crippen LogP) is 2.20. The molecule has 40 heavy (non-hydrogen) atoms. The first-order valence-corrected chi connectivity index (χ1v) is 14.0. The highest BCUT2D eigenvalue weighted by atomic mass is 32.2. The summed E-state index contributed by atoms with van der Waals surface area (Å²) >= 11 is 0. The quantitative estimate of drug-likeness (QED) is 0.269. The molecule has 1 aromatic carbocycles. The Kier molecular flexibility index (Phi) is 8.73. The van der Waals surface area contributed by atoms with Gasteiger partial charge in [0.15, 0.2) is 0 Å². The molecule has 0 fully saturated rings.